The number of anilines is 2. The lowest BCUT2D eigenvalue weighted by molar-refractivity contribution is 0.0945. The van der Waals surface area contributed by atoms with Crippen molar-refractivity contribution in [2.45, 2.75) is 20.4 Å². The molecule has 0 aliphatic heterocycles. The Morgan fingerprint density at radius 1 is 0.920 bits per heavy atom. The van der Waals surface area contributed by atoms with Gasteiger partial charge in [-0.15, -0.1) is 0 Å². The molecule has 5 heteroatoms. The molecule has 0 aliphatic carbocycles. The van der Waals surface area contributed by atoms with Crippen molar-refractivity contribution in [3.8, 4) is 0 Å². The summed E-state index contributed by atoms with van der Waals surface area (Å²) < 4.78 is 0. The van der Waals surface area contributed by atoms with Crippen molar-refractivity contribution in [1.29, 1.82) is 0 Å². The molecule has 0 spiro atoms. The molecule has 2 N–H and O–H groups in total. The standard InChI is InChI=1S/C20H20N4O/c1-14-7-6-8-15(2)19(14)24-18-13-21-17(12-22-18)20(25)23-11-16-9-4-3-5-10-16/h3-10,12-13H,11H2,1-2H3,(H,22,24)(H,23,25). The van der Waals surface area contributed by atoms with Gasteiger partial charge in [0.1, 0.15) is 11.5 Å². The van der Waals surface area contributed by atoms with E-state index in [4.69, 9.17) is 0 Å². The Morgan fingerprint density at radius 3 is 2.28 bits per heavy atom. The molecule has 1 heterocycles. The van der Waals surface area contributed by atoms with Crippen LogP contribution in [0.15, 0.2) is 60.9 Å². The second-order valence-corrected chi connectivity index (χ2v) is 5.85. The largest absolute Gasteiger partial charge is 0.347 e. The van der Waals surface area contributed by atoms with Crippen LogP contribution in [-0.2, 0) is 6.54 Å². The minimum atomic E-state index is -0.241. The van der Waals surface area contributed by atoms with Crippen molar-refractivity contribution >= 4 is 17.4 Å². The van der Waals surface area contributed by atoms with Crippen LogP contribution in [0, 0.1) is 13.8 Å². The van der Waals surface area contributed by atoms with Crippen LogP contribution < -0.4 is 10.6 Å². The first-order valence-electron chi connectivity index (χ1n) is 8.11. The smallest absolute Gasteiger partial charge is 0.271 e. The fourth-order valence-corrected chi connectivity index (χ4v) is 2.52. The van der Waals surface area contributed by atoms with Crippen molar-refractivity contribution in [3.63, 3.8) is 0 Å². The van der Waals surface area contributed by atoms with Crippen LogP contribution in [0.4, 0.5) is 11.5 Å². The predicted octanol–water partition coefficient (Wildman–Crippen LogP) is 3.77. The average molecular weight is 332 g/mol. The Balaban J connectivity index is 1.64. The zero-order chi connectivity index (χ0) is 17.6. The third-order valence-electron chi connectivity index (χ3n) is 3.91. The van der Waals surface area contributed by atoms with Gasteiger partial charge in [0.15, 0.2) is 0 Å². The lowest BCUT2D eigenvalue weighted by Crippen LogP contribution is -2.24. The molecule has 0 unspecified atom stereocenters. The van der Waals surface area contributed by atoms with Gasteiger partial charge in [0.05, 0.1) is 12.4 Å². The first kappa shape index (κ1) is 16.6. The van der Waals surface area contributed by atoms with Crippen LogP contribution in [-0.4, -0.2) is 15.9 Å². The Hall–Kier alpha value is -3.21. The van der Waals surface area contributed by atoms with E-state index in [1.54, 1.807) is 6.20 Å². The summed E-state index contributed by atoms with van der Waals surface area (Å²) >= 11 is 0. The van der Waals surface area contributed by atoms with Gasteiger partial charge < -0.3 is 10.6 Å². The summed E-state index contributed by atoms with van der Waals surface area (Å²) in [7, 11) is 0. The second kappa shape index (κ2) is 7.57. The number of rotatable bonds is 5. The summed E-state index contributed by atoms with van der Waals surface area (Å²) in [5, 5.41) is 6.10. The van der Waals surface area contributed by atoms with E-state index < -0.39 is 0 Å². The molecule has 0 saturated carbocycles. The fourth-order valence-electron chi connectivity index (χ4n) is 2.52. The van der Waals surface area contributed by atoms with E-state index in [1.807, 2.05) is 62.4 Å². The zero-order valence-corrected chi connectivity index (χ0v) is 14.3. The molecule has 0 saturated heterocycles. The van der Waals surface area contributed by atoms with Gasteiger partial charge in [0.25, 0.3) is 5.91 Å². The molecule has 5 nitrogen and oxygen atoms in total. The highest BCUT2D eigenvalue weighted by Gasteiger charge is 2.09. The molecule has 126 valence electrons. The van der Waals surface area contributed by atoms with E-state index in [9.17, 15) is 4.79 Å². The number of carbonyl (C=O) groups is 1. The van der Waals surface area contributed by atoms with E-state index in [2.05, 4.69) is 20.6 Å². The van der Waals surface area contributed by atoms with Crippen molar-refractivity contribution in [1.82, 2.24) is 15.3 Å². The van der Waals surface area contributed by atoms with Crippen molar-refractivity contribution in [2.75, 3.05) is 5.32 Å². The van der Waals surface area contributed by atoms with E-state index in [-0.39, 0.29) is 5.91 Å². The molecule has 3 rings (SSSR count). The lowest BCUT2D eigenvalue weighted by Gasteiger charge is -2.11. The minimum Gasteiger partial charge on any atom is -0.347 e. The molecule has 1 amide bonds. The van der Waals surface area contributed by atoms with Gasteiger partial charge in [0.2, 0.25) is 0 Å². The molecule has 0 atom stereocenters. The van der Waals surface area contributed by atoms with Crippen molar-refractivity contribution in [2.24, 2.45) is 0 Å². The molecule has 1 aromatic heterocycles. The van der Waals surface area contributed by atoms with Crippen molar-refractivity contribution in [3.05, 3.63) is 83.3 Å². The zero-order valence-electron chi connectivity index (χ0n) is 14.3. The highest BCUT2D eigenvalue weighted by atomic mass is 16.1. The molecule has 0 aliphatic rings. The number of nitrogens with zero attached hydrogens (tertiary/aromatic N) is 2. The van der Waals surface area contributed by atoms with Gasteiger partial charge in [-0.05, 0) is 30.5 Å². The van der Waals surface area contributed by atoms with E-state index >= 15 is 0 Å². The first-order valence-corrected chi connectivity index (χ1v) is 8.11. The number of aromatic nitrogens is 2. The van der Waals surface area contributed by atoms with Gasteiger partial charge in [-0.2, -0.15) is 0 Å². The maximum atomic E-state index is 12.2. The topological polar surface area (TPSA) is 66.9 Å². The predicted molar refractivity (Wildman–Crippen MR) is 98.8 cm³/mol. The van der Waals surface area contributed by atoms with Crippen LogP contribution >= 0.6 is 0 Å². The molecule has 2 aromatic carbocycles. The highest BCUT2D eigenvalue weighted by Crippen LogP contribution is 2.22. The van der Waals surface area contributed by atoms with E-state index in [0.29, 0.717) is 18.1 Å². The van der Waals surface area contributed by atoms with Gasteiger partial charge in [-0.1, -0.05) is 48.5 Å². The maximum Gasteiger partial charge on any atom is 0.271 e. The number of amides is 1. The molecular weight excluding hydrogens is 312 g/mol. The quantitative estimate of drug-likeness (QED) is 0.746. The summed E-state index contributed by atoms with van der Waals surface area (Å²) in [5.41, 5.74) is 4.61. The summed E-state index contributed by atoms with van der Waals surface area (Å²) in [6, 6.07) is 15.8. The number of nitrogens with one attached hydrogen (secondary N) is 2. The molecule has 0 bridgehead atoms. The third-order valence-corrected chi connectivity index (χ3v) is 3.91. The fraction of sp³-hybridized carbons (Fsp3) is 0.150. The van der Waals surface area contributed by atoms with Crippen molar-refractivity contribution < 1.29 is 4.79 Å². The van der Waals surface area contributed by atoms with Gasteiger partial charge in [-0.3, -0.25) is 4.79 Å². The average Bonchev–Trinajstić information content (AvgIpc) is 2.64. The lowest BCUT2D eigenvalue weighted by atomic mass is 10.1. The van der Waals surface area contributed by atoms with Crippen LogP contribution in [0.1, 0.15) is 27.2 Å². The maximum absolute atomic E-state index is 12.2. The summed E-state index contributed by atoms with van der Waals surface area (Å²) in [6.45, 7) is 4.53. The number of hydrogen-bond acceptors (Lipinski definition) is 4. The number of benzene rings is 2. The number of carbonyl (C=O) groups excluding carboxylic acids is 1. The summed E-state index contributed by atoms with van der Waals surface area (Å²) in [4.78, 5) is 20.7. The van der Waals surface area contributed by atoms with Crippen LogP contribution in [0.3, 0.4) is 0 Å². The molecule has 25 heavy (non-hydrogen) atoms. The second-order valence-electron chi connectivity index (χ2n) is 5.85. The van der Waals surface area contributed by atoms with Crippen LogP contribution in [0.25, 0.3) is 0 Å². The molecule has 3 aromatic rings. The number of aryl methyl sites for hydroxylation is 2. The normalized spacial score (nSPS) is 10.3. The SMILES string of the molecule is Cc1cccc(C)c1Nc1cnc(C(=O)NCc2ccccc2)cn1. The van der Waals surface area contributed by atoms with E-state index in [1.165, 1.54) is 6.20 Å². The van der Waals surface area contributed by atoms with Crippen LogP contribution in [0.5, 0.6) is 0 Å². The van der Waals surface area contributed by atoms with Crippen LogP contribution in [0.2, 0.25) is 0 Å². The Labute approximate surface area is 147 Å². The first-order chi connectivity index (χ1) is 12.1. The minimum absolute atomic E-state index is 0.241. The van der Waals surface area contributed by atoms with E-state index in [0.717, 1.165) is 22.4 Å². The number of hydrogen-bond donors (Lipinski definition) is 2. The Kier molecular flexibility index (Phi) is 5.04. The molecular formula is C20H20N4O. The van der Waals surface area contributed by atoms with Gasteiger partial charge in [-0.25, -0.2) is 9.97 Å². The Morgan fingerprint density at radius 2 is 1.64 bits per heavy atom. The molecule has 0 radical (unpaired) electrons. The highest BCUT2D eigenvalue weighted by molar-refractivity contribution is 5.92. The third kappa shape index (κ3) is 4.20. The summed E-state index contributed by atoms with van der Waals surface area (Å²) in [5.74, 6) is 0.368. The summed E-state index contributed by atoms with van der Waals surface area (Å²) in [6.07, 6.45) is 3.06. The van der Waals surface area contributed by atoms with Gasteiger partial charge in [0, 0.05) is 12.2 Å². The molecule has 0 fully saturated rings. The number of para-hydroxylation sites is 1. The monoisotopic (exact) mass is 332 g/mol. The van der Waals surface area contributed by atoms with Gasteiger partial charge >= 0.3 is 0 Å². The Bertz CT molecular complexity index is 840.